The monoisotopic (exact) mass is 282 g/mol. The topological polar surface area (TPSA) is 38.9 Å². The van der Waals surface area contributed by atoms with E-state index < -0.39 is 0 Å². The van der Waals surface area contributed by atoms with Crippen LogP contribution < -0.4 is 5.73 Å². The Hall–Kier alpha value is -0.870. The van der Waals surface area contributed by atoms with E-state index in [0.29, 0.717) is 5.13 Å². The molecule has 0 aliphatic rings. The second-order valence-corrected chi connectivity index (χ2v) is 5.40. The molecule has 1 heterocycles. The highest BCUT2D eigenvalue weighted by Gasteiger charge is 2.07. The molecule has 0 unspecified atom stereocenters. The van der Waals surface area contributed by atoms with E-state index in [4.69, 9.17) is 5.73 Å². The Morgan fingerprint density at radius 2 is 2.00 bits per heavy atom. The van der Waals surface area contributed by atoms with E-state index in [0.717, 1.165) is 9.35 Å². The van der Waals surface area contributed by atoms with Gasteiger partial charge in [-0.1, -0.05) is 33.3 Å². The van der Waals surface area contributed by atoms with Gasteiger partial charge in [0.15, 0.2) is 5.13 Å². The Labute approximate surface area is 101 Å². The van der Waals surface area contributed by atoms with E-state index in [2.05, 4.69) is 46.9 Å². The maximum atomic E-state index is 5.63. The first-order valence-electron chi connectivity index (χ1n) is 4.56. The summed E-state index contributed by atoms with van der Waals surface area (Å²) >= 11 is 5.05. The van der Waals surface area contributed by atoms with Crippen LogP contribution in [-0.4, -0.2) is 4.98 Å². The fourth-order valence-corrected chi connectivity index (χ4v) is 2.61. The summed E-state index contributed by atoms with van der Waals surface area (Å²) in [5, 5.41) is 0.612. The largest absolute Gasteiger partial charge is 0.375 e. The van der Waals surface area contributed by atoms with Crippen molar-refractivity contribution >= 4 is 32.4 Å². The number of nitrogens with two attached hydrogens (primary N) is 1. The van der Waals surface area contributed by atoms with Crippen molar-refractivity contribution < 1.29 is 0 Å². The molecule has 2 nitrogen and oxygen atoms in total. The summed E-state index contributed by atoms with van der Waals surface area (Å²) in [5.74, 6) is 0. The second kappa shape index (κ2) is 3.94. The van der Waals surface area contributed by atoms with E-state index in [9.17, 15) is 0 Å². The number of anilines is 1. The van der Waals surface area contributed by atoms with Gasteiger partial charge in [-0.15, -0.1) is 0 Å². The number of thiazole rings is 1. The van der Waals surface area contributed by atoms with Crippen molar-refractivity contribution in [3.05, 3.63) is 33.9 Å². The highest BCUT2D eigenvalue weighted by molar-refractivity contribution is 9.10. The molecule has 0 bridgehead atoms. The molecule has 0 saturated carbocycles. The fraction of sp³-hybridized carbons (Fsp3) is 0.182. The molecule has 1 aromatic heterocycles. The SMILES string of the molecule is Cc1cc(C)c(-c2cnc(N)s2)cc1Br. The van der Waals surface area contributed by atoms with Crippen molar-refractivity contribution in [1.29, 1.82) is 0 Å². The second-order valence-electron chi connectivity index (χ2n) is 3.48. The fourth-order valence-electron chi connectivity index (χ4n) is 1.50. The zero-order valence-corrected chi connectivity index (χ0v) is 10.9. The molecule has 0 radical (unpaired) electrons. The summed E-state index contributed by atoms with van der Waals surface area (Å²) in [5.41, 5.74) is 9.32. The summed E-state index contributed by atoms with van der Waals surface area (Å²) in [4.78, 5) is 5.18. The van der Waals surface area contributed by atoms with E-state index >= 15 is 0 Å². The summed E-state index contributed by atoms with van der Waals surface area (Å²) < 4.78 is 1.12. The van der Waals surface area contributed by atoms with E-state index in [1.807, 2.05) is 6.20 Å². The minimum atomic E-state index is 0.612. The molecular weight excluding hydrogens is 272 g/mol. The molecule has 0 spiro atoms. The first-order chi connectivity index (χ1) is 7.08. The lowest BCUT2D eigenvalue weighted by molar-refractivity contribution is 1.35. The van der Waals surface area contributed by atoms with Gasteiger partial charge in [0.1, 0.15) is 0 Å². The summed E-state index contributed by atoms with van der Waals surface area (Å²) in [6, 6.07) is 4.28. The Morgan fingerprint density at radius 3 is 2.60 bits per heavy atom. The molecule has 2 aromatic rings. The van der Waals surface area contributed by atoms with Gasteiger partial charge in [0.25, 0.3) is 0 Å². The average molecular weight is 283 g/mol. The molecule has 0 atom stereocenters. The third kappa shape index (κ3) is 2.06. The molecule has 0 fully saturated rings. The van der Waals surface area contributed by atoms with Crippen LogP contribution in [0.1, 0.15) is 11.1 Å². The van der Waals surface area contributed by atoms with Gasteiger partial charge in [-0.3, -0.25) is 0 Å². The number of benzene rings is 1. The van der Waals surface area contributed by atoms with Crippen LogP contribution in [0.3, 0.4) is 0 Å². The van der Waals surface area contributed by atoms with Crippen LogP contribution in [0.5, 0.6) is 0 Å². The highest BCUT2D eigenvalue weighted by atomic mass is 79.9. The van der Waals surface area contributed by atoms with Crippen molar-refractivity contribution in [2.24, 2.45) is 0 Å². The van der Waals surface area contributed by atoms with Gasteiger partial charge in [-0.05, 0) is 36.6 Å². The van der Waals surface area contributed by atoms with Gasteiger partial charge < -0.3 is 5.73 Å². The van der Waals surface area contributed by atoms with Crippen molar-refractivity contribution in [3.63, 3.8) is 0 Å². The first-order valence-corrected chi connectivity index (χ1v) is 6.17. The number of aryl methyl sites for hydroxylation is 2. The Morgan fingerprint density at radius 1 is 1.27 bits per heavy atom. The molecule has 0 saturated heterocycles. The standard InChI is InChI=1S/C11H11BrN2S/c1-6-3-7(2)9(12)4-8(6)10-5-14-11(13)15-10/h3-5H,1-2H3,(H2,13,14). The summed E-state index contributed by atoms with van der Waals surface area (Å²) in [6.07, 6.45) is 1.82. The van der Waals surface area contributed by atoms with Gasteiger partial charge in [0, 0.05) is 10.7 Å². The number of nitrogen functional groups attached to an aromatic ring is 1. The zero-order chi connectivity index (χ0) is 11.0. The molecule has 2 rings (SSSR count). The van der Waals surface area contributed by atoms with Gasteiger partial charge in [0.2, 0.25) is 0 Å². The number of rotatable bonds is 1. The van der Waals surface area contributed by atoms with Crippen molar-refractivity contribution in [2.45, 2.75) is 13.8 Å². The van der Waals surface area contributed by atoms with Crippen LogP contribution in [0.2, 0.25) is 0 Å². The van der Waals surface area contributed by atoms with Crippen molar-refractivity contribution in [2.75, 3.05) is 5.73 Å². The highest BCUT2D eigenvalue weighted by Crippen LogP contribution is 2.33. The Balaban J connectivity index is 2.58. The van der Waals surface area contributed by atoms with E-state index in [1.54, 1.807) is 0 Å². The molecule has 1 aromatic carbocycles. The lowest BCUT2D eigenvalue weighted by Gasteiger charge is -2.06. The number of nitrogens with zero attached hydrogens (tertiary/aromatic N) is 1. The average Bonchev–Trinajstić information content (AvgIpc) is 2.58. The van der Waals surface area contributed by atoms with Crippen LogP contribution in [0.25, 0.3) is 10.4 Å². The van der Waals surface area contributed by atoms with Crippen LogP contribution in [-0.2, 0) is 0 Å². The van der Waals surface area contributed by atoms with Crippen molar-refractivity contribution in [1.82, 2.24) is 4.98 Å². The van der Waals surface area contributed by atoms with Gasteiger partial charge in [-0.2, -0.15) is 0 Å². The van der Waals surface area contributed by atoms with E-state index in [1.165, 1.54) is 28.0 Å². The smallest absolute Gasteiger partial charge is 0.180 e. The van der Waals surface area contributed by atoms with Gasteiger partial charge in [-0.25, -0.2) is 4.98 Å². The summed E-state index contributed by atoms with van der Waals surface area (Å²) in [6.45, 7) is 4.19. The number of hydrogen-bond acceptors (Lipinski definition) is 3. The predicted molar refractivity (Wildman–Crippen MR) is 69.1 cm³/mol. The van der Waals surface area contributed by atoms with Crippen LogP contribution >= 0.6 is 27.3 Å². The minimum absolute atomic E-state index is 0.612. The van der Waals surface area contributed by atoms with Gasteiger partial charge >= 0.3 is 0 Å². The number of aromatic nitrogens is 1. The molecule has 0 aliphatic heterocycles. The number of hydrogen-bond donors (Lipinski definition) is 1. The molecule has 0 aliphatic carbocycles. The Kier molecular flexibility index (Phi) is 2.80. The van der Waals surface area contributed by atoms with Crippen molar-refractivity contribution in [3.8, 4) is 10.4 Å². The van der Waals surface area contributed by atoms with Gasteiger partial charge in [0.05, 0.1) is 4.88 Å². The van der Waals surface area contributed by atoms with Crippen LogP contribution in [0.15, 0.2) is 22.8 Å². The maximum absolute atomic E-state index is 5.63. The third-order valence-corrected chi connectivity index (χ3v) is 4.01. The molecule has 78 valence electrons. The quantitative estimate of drug-likeness (QED) is 0.865. The first kappa shape index (κ1) is 10.6. The lowest BCUT2D eigenvalue weighted by Crippen LogP contribution is -1.84. The van der Waals surface area contributed by atoms with Crippen LogP contribution in [0.4, 0.5) is 5.13 Å². The number of halogens is 1. The molecule has 2 N–H and O–H groups in total. The molecular formula is C11H11BrN2S. The predicted octanol–water partition coefficient (Wildman–Crippen LogP) is 3.77. The summed E-state index contributed by atoms with van der Waals surface area (Å²) in [7, 11) is 0. The zero-order valence-electron chi connectivity index (χ0n) is 8.54. The normalized spacial score (nSPS) is 10.6. The lowest BCUT2D eigenvalue weighted by atomic mass is 10.1. The minimum Gasteiger partial charge on any atom is -0.375 e. The van der Waals surface area contributed by atoms with Crippen LogP contribution in [0, 0.1) is 13.8 Å². The Bertz CT molecular complexity index is 505. The molecule has 15 heavy (non-hydrogen) atoms. The maximum Gasteiger partial charge on any atom is 0.180 e. The van der Waals surface area contributed by atoms with E-state index in [-0.39, 0.29) is 0 Å². The third-order valence-electron chi connectivity index (χ3n) is 2.29. The molecule has 0 amide bonds. The molecule has 4 heteroatoms.